The fourth-order valence-electron chi connectivity index (χ4n) is 4.19. The number of carbonyl (C=O) groups is 2. The van der Waals surface area contributed by atoms with Gasteiger partial charge in [-0.15, -0.1) is 5.11 Å². The van der Waals surface area contributed by atoms with Crippen LogP contribution in [0, 0.1) is 0 Å². The minimum atomic E-state index is -5.32. The third kappa shape index (κ3) is 8.80. The number of hydrogen-bond donors (Lipinski definition) is 4. The molecule has 48 heavy (non-hydrogen) atoms. The average molecular weight is 707 g/mol. The number of hydrazone groups is 2. The zero-order valence-corrected chi connectivity index (χ0v) is 30.7. The van der Waals surface area contributed by atoms with Gasteiger partial charge in [0.2, 0.25) is 5.78 Å². The second kappa shape index (κ2) is 15.6. The predicted octanol–water partition coefficient (Wildman–Crippen LogP) is -3.10. The molecule has 20 heteroatoms. The monoisotopic (exact) mass is 706 g/mol. The molecule has 6 N–H and O–H groups in total. The van der Waals surface area contributed by atoms with Crippen LogP contribution in [0.2, 0.25) is 0 Å². The minimum Gasteiger partial charge on any atom is -0.744 e. The second-order valence-electron chi connectivity index (χ2n) is 9.48. The first-order valence-electron chi connectivity index (χ1n) is 12.8. The molecule has 0 aliphatic heterocycles. The first-order valence-corrected chi connectivity index (χ1v) is 15.6. The van der Waals surface area contributed by atoms with Crippen LogP contribution in [0.4, 0.5) is 28.4 Å². The third-order valence-electron chi connectivity index (χ3n) is 6.34. The number of nitrogens with one attached hydrogen (secondary N) is 2. The molecule has 0 aromatic heterocycles. The first kappa shape index (κ1) is 38.6. The van der Waals surface area contributed by atoms with E-state index in [-0.39, 0.29) is 76.3 Å². The molecule has 3 aromatic carbocycles. The van der Waals surface area contributed by atoms with Crippen molar-refractivity contribution in [3.8, 4) is 0 Å². The first-order chi connectivity index (χ1) is 21.7. The second-order valence-corrected chi connectivity index (χ2v) is 12.2. The number of ketones is 2. The molecule has 0 atom stereocenters. The van der Waals surface area contributed by atoms with Gasteiger partial charge in [0.1, 0.15) is 37.3 Å². The molecule has 234 valence electrons. The zero-order chi connectivity index (χ0) is 33.2. The summed E-state index contributed by atoms with van der Waals surface area (Å²) in [5.41, 5.74) is 15.6. The van der Waals surface area contributed by atoms with E-state index in [0.29, 0.717) is 29.2 Å². The smallest absolute Gasteiger partial charge is 0.744 e. The Bertz CT molecular complexity index is 2200. The topological polar surface area (TPSA) is 274 Å². The summed E-state index contributed by atoms with van der Waals surface area (Å²) in [5, 5.41) is 15.7. The molecular weight excluding hydrogens is 686 g/mol. The van der Waals surface area contributed by atoms with Crippen molar-refractivity contribution in [1.82, 2.24) is 0 Å². The van der Waals surface area contributed by atoms with Gasteiger partial charge >= 0.3 is 59.1 Å². The van der Waals surface area contributed by atoms with E-state index in [4.69, 9.17) is 11.5 Å². The number of nitrogen functional groups attached to an aromatic ring is 1. The van der Waals surface area contributed by atoms with Gasteiger partial charge in [0, 0.05) is 6.08 Å². The average Bonchev–Trinajstić information content (AvgIpc) is 2.99. The Hall–Kier alpha value is -3.82. The summed E-state index contributed by atoms with van der Waals surface area (Å²) in [6.07, 6.45) is 4.66. The number of allylic oxidation sites excluding steroid dienone is 4. The largest absolute Gasteiger partial charge is 1.00 e. The molecule has 0 radical (unpaired) electrons. The number of anilines is 3. The van der Waals surface area contributed by atoms with Gasteiger partial charge in [0.15, 0.2) is 5.78 Å². The molecule has 5 rings (SSSR count). The van der Waals surface area contributed by atoms with Gasteiger partial charge < -0.3 is 20.6 Å². The summed E-state index contributed by atoms with van der Waals surface area (Å²) < 4.78 is 72.7. The number of Topliss-reactive ketones (excluding diaryl/α,β-unsaturated/α-hetero) is 1. The normalized spacial score (nSPS) is 16.1. The Morgan fingerprint density at radius 2 is 1.35 bits per heavy atom. The van der Waals surface area contributed by atoms with Crippen molar-refractivity contribution in [3.63, 3.8) is 0 Å². The van der Waals surface area contributed by atoms with Gasteiger partial charge in [0.25, 0.3) is 0 Å². The third-order valence-corrected chi connectivity index (χ3v) is 8.04. The Morgan fingerprint density at radius 1 is 0.729 bits per heavy atom. The van der Waals surface area contributed by atoms with Crippen molar-refractivity contribution in [1.29, 1.82) is 0 Å². The molecule has 0 heterocycles. The van der Waals surface area contributed by atoms with Crippen molar-refractivity contribution in [2.24, 2.45) is 26.2 Å². The van der Waals surface area contributed by atoms with Crippen molar-refractivity contribution in [2.75, 3.05) is 16.6 Å². The summed E-state index contributed by atoms with van der Waals surface area (Å²) in [6.45, 7) is 0. The summed E-state index contributed by atoms with van der Waals surface area (Å²) in [7, 11) is -10.6. The molecule has 0 bridgehead atoms. The molecule has 0 amide bonds. The molecule has 16 nitrogen and oxygen atoms in total. The Balaban J connectivity index is 0.00000312. The van der Waals surface area contributed by atoms with Crippen LogP contribution >= 0.6 is 0 Å². The predicted molar refractivity (Wildman–Crippen MR) is 166 cm³/mol. The van der Waals surface area contributed by atoms with Gasteiger partial charge in [-0.05, 0) is 66.3 Å². The fraction of sp³-hybridized carbons (Fsp3) is 0. The van der Waals surface area contributed by atoms with Crippen LogP contribution < -0.4 is 81.4 Å². The van der Waals surface area contributed by atoms with E-state index in [2.05, 4.69) is 31.3 Å². The van der Waals surface area contributed by atoms with Crippen LogP contribution in [-0.4, -0.2) is 48.9 Å². The van der Waals surface area contributed by atoms with Gasteiger partial charge in [-0.3, -0.25) is 20.4 Å². The quantitative estimate of drug-likeness (QED) is 0.0453. The zero-order valence-electron chi connectivity index (χ0n) is 25.1. The Morgan fingerprint density at radius 3 is 1.96 bits per heavy atom. The van der Waals surface area contributed by atoms with Gasteiger partial charge in [0.05, 0.1) is 43.8 Å². The van der Waals surface area contributed by atoms with E-state index >= 15 is 0 Å². The standard InChI is InChI=1S/C28H22N8O8S2.2Na/c29-20-14-19(37)10-11-21(20)34-31-17-6-8-18(9-7-17)33-35-26-22(45(39,40)41)12-15-13-23(46(42,43)44)27(28(38)24(15)25(26)30)36-32-16-4-2-1-3-5-16;;/h1-14,31-32H,29-30H2,(H,39,40,41)(H,42,43,44);;/q;2*+1/p-2/b34-21+,35-33?,36-27+;;. The maximum absolute atomic E-state index is 13.5. The summed E-state index contributed by atoms with van der Waals surface area (Å²) in [5.74, 6) is -1.42. The molecular formula is C28H20N8Na2O8S2. The number of rotatable bonds is 8. The van der Waals surface area contributed by atoms with E-state index in [0.717, 1.165) is 0 Å². The van der Waals surface area contributed by atoms with Crippen LogP contribution in [0.5, 0.6) is 0 Å². The van der Waals surface area contributed by atoms with Crippen LogP contribution in [0.25, 0.3) is 6.08 Å². The van der Waals surface area contributed by atoms with Crippen LogP contribution in [-0.2, 0) is 25.0 Å². The Kier molecular flexibility index (Phi) is 12.6. The van der Waals surface area contributed by atoms with E-state index < -0.39 is 64.0 Å². The minimum absolute atomic E-state index is 0. The number of para-hydroxylation sites is 1. The number of carbonyl (C=O) groups excluding carboxylic acids is 2. The van der Waals surface area contributed by atoms with Crippen LogP contribution in [0.3, 0.4) is 0 Å². The molecule has 2 aliphatic rings. The molecule has 0 unspecified atom stereocenters. The molecule has 0 saturated carbocycles. The molecule has 0 fully saturated rings. The van der Waals surface area contributed by atoms with Crippen molar-refractivity contribution < 1.29 is 94.6 Å². The molecule has 0 spiro atoms. The number of hydrogen-bond acceptors (Lipinski definition) is 16. The molecule has 0 saturated heterocycles. The van der Waals surface area contributed by atoms with Crippen LogP contribution in [0.1, 0.15) is 15.9 Å². The molecule has 2 aliphatic carbocycles. The van der Waals surface area contributed by atoms with E-state index in [1.54, 1.807) is 30.3 Å². The number of nitrogens with zero attached hydrogens (tertiary/aromatic N) is 4. The maximum Gasteiger partial charge on any atom is 1.00 e. The summed E-state index contributed by atoms with van der Waals surface area (Å²) in [6, 6.07) is 14.7. The van der Waals surface area contributed by atoms with Crippen molar-refractivity contribution in [2.45, 2.75) is 4.90 Å². The van der Waals surface area contributed by atoms with E-state index in [9.17, 15) is 35.5 Å². The van der Waals surface area contributed by atoms with Crippen LogP contribution in [0.15, 0.2) is 115 Å². The summed E-state index contributed by atoms with van der Waals surface area (Å²) in [4.78, 5) is 22.8. The Labute approximate surface area is 317 Å². The van der Waals surface area contributed by atoms with Crippen molar-refractivity contribution >= 4 is 77.7 Å². The van der Waals surface area contributed by atoms with Crippen molar-refractivity contribution in [3.05, 3.63) is 101 Å². The summed E-state index contributed by atoms with van der Waals surface area (Å²) >= 11 is 0. The fourth-order valence-corrected chi connectivity index (χ4v) is 5.49. The van der Waals surface area contributed by atoms with Gasteiger partial charge in [-0.2, -0.15) is 15.3 Å². The number of benzene rings is 3. The maximum atomic E-state index is 13.5. The number of fused-ring (bicyclic) bond motifs is 1. The molecule has 3 aromatic rings. The van der Waals surface area contributed by atoms with Gasteiger partial charge in [-0.1, -0.05) is 18.2 Å². The van der Waals surface area contributed by atoms with E-state index in [1.807, 2.05) is 0 Å². The number of nitrogens with two attached hydrogens (primary N) is 2. The number of azo groups is 1. The van der Waals surface area contributed by atoms with Gasteiger partial charge in [-0.25, -0.2) is 16.8 Å². The van der Waals surface area contributed by atoms with E-state index in [1.165, 1.54) is 42.5 Å². The SMILES string of the molecule is NC1=CC(=O)C=C/C1=N\Nc1ccc(N=Nc2c(S(=O)(=O)[O-])cc3c(c2N)C(=O)/C(=N/Nc2ccccc2)C(S(=O)(=O)[O-])=C3)cc1.[Na+].[Na+].